The number of aryl methyl sites for hydroxylation is 7. The van der Waals surface area contributed by atoms with Gasteiger partial charge < -0.3 is 35.7 Å². The van der Waals surface area contributed by atoms with E-state index in [2.05, 4.69) is 179 Å². The molecular weight excluding hydrogens is 1900 g/mol. The van der Waals surface area contributed by atoms with E-state index in [1.165, 1.54) is 94.3 Å². The molecule has 0 unspecified atom stereocenters. The largest absolute Gasteiger partial charge is 1.00 e. The zero-order valence-electron chi connectivity index (χ0n) is 86.7. The molecule has 21 aromatic rings. The standard InChI is InChI=1S/7C10H7N6O.7CH4.7K/c7*1-6-3-2-4-16-9(6)11-5-7(10(16)17)8-12-14-15-13-8;;;;;;;;;;;;;;/h7*2-5H,1H3;7*1H4;;;;;;;/q7*-1;;;;;;;;7*+1/i1D3,4D,5D;4D,5D;1D3,5D;1D3,4D;5D;4D;1D3;;;;;;;;;;;;;;. The molecule has 0 fully saturated rings. The molecule has 0 saturated carbocycles. The Labute approximate surface area is 1080 Å². The van der Waals surface area contributed by atoms with Gasteiger partial charge in [0.15, 0.2) is 0 Å². The molecule has 21 heterocycles. The summed E-state index contributed by atoms with van der Waals surface area (Å²) in [4.78, 5) is 115. The summed E-state index contributed by atoms with van der Waals surface area (Å²) < 4.78 is 160. The molecule has 56 heteroatoms. The van der Waals surface area contributed by atoms with Crippen molar-refractivity contribution in [2.45, 2.75) is 100 Å². The molecular formula is C77H77K7N42O7. The summed E-state index contributed by atoms with van der Waals surface area (Å²) in [6.45, 7) is -4.38. The third-order valence-corrected chi connectivity index (χ3v) is 16.0. The van der Waals surface area contributed by atoms with E-state index in [1.54, 1.807) is 31.3 Å². The molecule has 0 aliphatic carbocycles. The van der Waals surface area contributed by atoms with E-state index in [9.17, 15) is 33.6 Å². The number of pyridine rings is 7. The Morgan fingerprint density at radius 2 is 0.414 bits per heavy atom. The van der Waals surface area contributed by atoms with Crippen LogP contribution < -0.4 is 434 Å². The Morgan fingerprint density at radius 3 is 0.662 bits per heavy atom. The van der Waals surface area contributed by atoms with Crippen molar-refractivity contribution in [1.29, 1.82) is 0 Å². The summed E-state index contributed by atoms with van der Waals surface area (Å²) >= 11 is 0. The average molecular weight is 2000 g/mol. The molecule has 0 atom stereocenters. The molecule has 0 aliphatic heterocycles. The number of nitrogens with zero attached hydrogens (tertiary/aromatic N) is 42. The van der Waals surface area contributed by atoms with E-state index >= 15 is 0 Å². The molecule has 0 radical (unpaired) electrons. The smallest absolute Gasteiger partial charge is 0.330 e. The third kappa shape index (κ3) is 28.4. The van der Waals surface area contributed by atoms with Crippen LogP contribution in [0.1, 0.15) is 118 Å². The molecule has 0 saturated heterocycles. The second-order valence-electron chi connectivity index (χ2n) is 23.3. The maximum Gasteiger partial charge on any atom is 1.00 e. The van der Waals surface area contributed by atoms with Gasteiger partial charge in [-0.05, 0) is 130 Å². The number of fused-ring (bicyclic) bond motifs is 7. The van der Waals surface area contributed by atoms with Gasteiger partial charge in [0, 0.05) is 144 Å². The Kier molecular flexibility index (Phi) is 40.7. The molecule has 133 heavy (non-hydrogen) atoms. The first-order chi connectivity index (χ1) is 66.0. The Bertz CT molecular complexity index is 8700. The maximum absolute atomic E-state index is 12.5. The zero-order chi connectivity index (χ0) is 99.8. The minimum absolute atomic E-state index is 0. The molecule has 21 rings (SSSR count). The fourth-order valence-corrected chi connectivity index (χ4v) is 10.4. The van der Waals surface area contributed by atoms with Crippen LogP contribution in [0.4, 0.5) is 0 Å². The van der Waals surface area contributed by atoms with Crippen molar-refractivity contribution in [1.82, 2.24) is 210 Å². The molecule has 0 bridgehead atoms. The SMILES string of the molecule is C.C.C.C.C.C.C.[2H]C([2H])([2H])c1cccn2c(=O)c(-c3nnn[n-]3)cnc12.[2H]c1ccc(C([2H])([2H])[2H])c2ncc(-c3nnn[n-]3)c(=O)n12.[2H]c1ccc(C)c2ncc(-c3nnn[n-]3)c(=O)n12.[2H]c1nc2c(C([2H])([2H])[2H])ccc([2H])n2c(=O)c1-c1nnn[n-]1.[2H]c1nc2c(C([2H])([2H])[2H])cccn2c(=O)c1-c1nnn[n-]1.[2H]c1nc2c(C)ccc([2H])n2c(=O)c1-c1nnn[n-]1.[2H]c1nc2c(C)cccn2c(=O)c1-c1nnn[n-]1.[K+].[K+].[K+].[K+].[K+].[K+].[K+]. The van der Waals surface area contributed by atoms with Crippen LogP contribution in [0.25, 0.3) is 119 Å². The molecule has 0 spiro atoms. The minimum atomic E-state index is -2.54. The molecule has 0 N–H and O–H groups in total. The first kappa shape index (κ1) is 92.8. The number of tetrazole rings is 7. The van der Waals surface area contributed by atoms with E-state index < -0.39 is 78.7 Å². The fraction of sp³-hybridized carbons (Fsp3) is 0.182. The third-order valence-electron chi connectivity index (χ3n) is 16.0. The van der Waals surface area contributed by atoms with E-state index in [4.69, 9.17) is 27.4 Å². The Hall–Kier alpha value is -6.54. The Balaban J connectivity index is 0.000000880. The van der Waals surface area contributed by atoms with Crippen molar-refractivity contribution >= 4 is 39.5 Å². The average Bonchev–Trinajstić information content (AvgIpc) is 1.57. The molecule has 0 aromatic carbocycles. The summed E-state index contributed by atoms with van der Waals surface area (Å²) in [5.41, 5.74) is -1.57. The second-order valence-corrected chi connectivity index (χ2v) is 23.3. The quantitative estimate of drug-likeness (QED) is 0.134. The van der Waals surface area contributed by atoms with Crippen LogP contribution in [0, 0.1) is 48.2 Å². The van der Waals surface area contributed by atoms with Gasteiger partial charge in [0.25, 0.3) is 38.9 Å². The molecule has 0 amide bonds. The predicted octanol–water partition coefficient (Wildman–Crippen LogP) is -17.8. The normalized spacial score (nSPS) is 12.3. The molecule has 49 nitrogen and oxygen atoms in total. The van der Waals surface area contributed by atoms with Gasteiger partial charge >= 0.3 is 360 Å². The van der Waals surface area contributed by atoms with Crippen LogP contribution in [0.3, 0.4) is 0 Å². The first-order valence-corrected chi connectivity index (χ1v) is 32.9. The van der Waals surface area contributed by atoms with Crippen molar-refractivity contribution in [3.8, 4) is 79.7 Å². The summed E-state index contributed by atoms with van der Waals surface area (Å²) in [7, 11) is 0. The number of hydrogen-bond acceptors (Lipinski definition) is 35. The minimum Gasteiger partial charge on any atom is -0.330 e. The van der Waals surface area contributed by atoms with Gasteiger partial charge in [-0.25, -0.2) is 34.9 Å². The summed E-state index contributed by atoms with van der Waals surface area (Å²) in [6.07, 6.45) is 6.37. The van der Waals surface area contributed by atoms with Crippen molar-refractivity contribution in [2.24, 2.45) is 0 Å². The monoisotopic (exact) mass is 1990 g/mol. The molecule has 0 aliphatic rings. The van der Waals surface area contributed by atoms with E-state index in [0.29, 0.717) is 16.9 Å². The van der Waals surface area contributed by atoms with E-state index in [-0.39, 0.29) is 579 Å². The predicted molar refractivity (Wildman–Crippen MR) is 455 cm³/mol. The second kappa shape index (κ2) is 58.4. The van der Waals surface area contributed by atoms with Gasteiger partial charge in [-0.1, -0.05) is 94.5 Å². The van der Waals surface area contributed by atoms with Crippen LogP contribution in [-0.4, -0.2) is 174 Å². The van der Waals surface area contributed by atoms with Crippen LogP contribution in [0.2, 0.25) is 0 Å². The molecule has 21 aromatic heterocycles. The van der Waals surface area contributed by atoms with E-state index in [1.807, 2.05) is 19.9 Å². The van der Waals surface area contributed by atoms with Gasteiger partial charge in [-0.2, -0.15) is 36.5 Å². The van der Waals surface area contributed by atoms with Gasteiger partial charge in [0.1, 0.15) is 39.5 Å². The van der Waals surface area contributed by atoms with E-state index in [0.717, 1.165) is 39.3 Å². The van der Waals surface area contributed by atoms with Gasteiger partial charge in [0.2, 0.25) is 0 Å². The van der Waals surface area contributed by atoms with Crippen LogP contribution in [-0.2, 0) is 0 Å². The van der Waals surface area contributed by atoms with Crippen LogP contribution in [0.15, 0.2) is 205 Å². The summed E-state index contributed by atoms with van der Waals surface area (Å²) in [6, 6.07) is 20.5. The molecule has 644 valence electrons. The van der Waals surface area contributed by atoms with Crippen LogP contribution >= 0.6 is 0 Å². The van der Waals surface area contributed by atoms with Crippen molar-refractivity contribution in [3.05, 3.63) is 283 Å². The zero-order valence-corrected chi connectivity index (χ0v) is 88.5. The summed E-state index contributed by atoms with van der Waals surface area (Å²) in [5, 5.41) is 95.9. The number of hydrogen-bond donors (Lipinski definition) is 0. The van der Waals surface area contributed by atoms with Crippen LogP contribution in [0.5, 0.6) is 0 Å². The fourth-order valence-electron chi connectivity index (χ4n) is 10.4. The Morgan fingerprint density at radius 1 is 0.241 bits per heavy atom. The van der Waals surface area contributed by atoms with Gasteiger partial charge in [-0.15, -0.1) is 0 Å². The van der Waals surface area contributed by atoms with Gasteiger partial charge in [0.05, 0.1) is 49.9 Å². The topological polar surface area (TPSA) is 610 Å². The van der Waals surface area contributed by atoms with Gasteiger partial charge in [-0.3, -0.25) is 137 Å². The maximum atomic E-state index is 12.5. The first-order valence-electron chi connectivity index (χ1n) is 42.9. The number of aromatic nitrogens is 42. The summed E-state index contributed by atoms with van der Waals surface area (Å²) in [5.74, 6) is -0.215. The van der Waals surface area contributed by atoms with Crippen molar-refractivity contribution in [2.75, 3.05) is 0 Å². The van der Waals surface area contributed by atoms with Crippen molar-refractivity contribution < 1.29 is 387 Å². The van der Waals surface area contributed by atoms with Crippen molar-refractivity contribution in [3.63, 3.8) is 0 Å². The number of rotatable bonds is 7.